The predicted molar refractivity (Wildman–Crippen MR) is 114 cm³/mol. The molecule has 3 aromatic rings. The molecule has 0 aliphatic rings. The summed E-state index contributed by atoms with van der Waals surface area (Å²) in [5.74, 6) is 1.10. The molecule has 0 unspecified atom stereocenters. The normalized spacial score (nSPS) is 10.7. The van der Waals surface area contributed by atoms with Gasteiger partial charge in [0.1, 0.15) is 17.4 Å². The monoisotopic (exact) mass is 416 g/mol. The van der Waals surface area contributed by atoms with Gasteiger partial charge in [0.25, 0.3) is 0 Å². The third kappa shape index (κ3) is 4.54. The lowest BCUT2D eigenvalue weighted by Gasteiger charge is -2.19. The second-order valence-electron chi connectivity index (χ2n) is 6.73. The fraction of sp³-hybridized carbons (Fsp3) is 0.227. The minimum atomic E-state index is -0.476. The molecule has 0 saturated heterocycles. The number of aromatic nitrogens is 1. The summed E-state index contributed by atoms with van der Waals surface area (Å²) in [4.78, 5) is 12.3. The number of hydrogen-bond acceptors (Lipinski definition) is 4. The van der Waals surface area contributed by atoms with E-state index in [4.69, 9.17) is 21.1 Å². The van der Waals surface area contributed by atoms with E-state index in [0.29, 0.717) is 12.4 Å². The molecule has 5 nitrogen and oxygen atoms in total. The standard InChI is InChI=1S/C22H22ClFN2O3/c1-13-8-20(28-3)14(2)7-18(13)25-22-10-19(27)21(29-4)12-26(22)11-15-5-6-17(24)16(23)9-15/h5-10,12,25H,11H2,1-4H3. The van der Waals surface area contributed by atoms with Crippen molar-refractivity contribution < 1.29 is 13.9 Å². The predicted octanol–water partition coefficient (Wildman–Crippen LogP) is 5.07. The molecular weight excluding hydrogens is 395 g/mol. The van der Waals surface area contributed by atoms with Gasteiger partial charge in [0.15, 0.2) is 5.75 Å². The van der Waals surface area contributed by atoms with Crippen molar-refractivity contribution in [2.75, 3.05) is 19.5 Å². The molecule has 0 aliphatic carbocycles. The quantitative estimate of drug-likeness (QED) is 0.609. The molecule has 152 valence electrons. The van der Waals surface area contributed by atoms with Gasteiger partial charge in [0, 0.05) is 18.3 Å². The smallest absolute Gasteiger partial charge is 0.225 e. The molecule has 29 heavy (non-hydrogen) atoms. The highest BCUT2D eigenvalue weighted by atomic mass is 35.5. The van der Waals surface area contributed by atoms with Crippen LogP contribution < -0.4 is 20.2 Å². The van der Waals surface area contributed by atoms with Crippen LogP contribution in [0.5, 0.6) is 11.5 Å². The molecule has 0 atom stereocenters. The van der Waals surface area contributed by atoms with Crippen LogP contribution in [0.15, 0.2) is 47.4 Å². The summed E-state index contributed by atoms with van der Waals surface area (Å²) in [6.07, 6.45) is 1.62. The molecular formula is C22H22ClFN2O3. The number of methoxy groups -OCH3 is 2. The van der Waals surface area contributed by atoms with Gasteiger partial charge >= 0.3 is 0 Å². The van der Waals surface area contributed by atoms with Gasteiger partial charge in [0.2, 0.25) is 5.43 Å². The first-order valence-electron chi connectivity index (χ1n) is 8.97. The van der Waals surface area contributed by atoms with Crippen molar-refractivity contribution in [3.05, 3.63) is 80.3 Å². The van der Waals surface area contributed by atoms with E-state index < -0.39 is 5.82 Å². The minimum absolute atomic E-state index is 0.0478. The number of nitrogens with one attached hydrogen (secondary N) is 1. The molecule has 2 aromatic carbocycles. The highest BCUT2D eigenvalue weighted by molar-refractivity contribution is 6.30. The molecule has 7 heteroatoms. The van der Waals surface area contributed by atoms with Crippen LogP contribution in [0.2, 0.25) is 5.02 Å². The Morgan fingerprint density at radius 2 is 1.76 bits per heavy atom. The first-order chi connectivity index (χ1) is 13.8. The SMILES string of the molecule is COc1cc(C)c(Nc2cc(=O)c(OC)cn2Cc2ccc(F)c(Cl)c2)cc1C. The largest absolute Gasteiger partial charge is 0.496 e. The number of hydrogen-bond donors (Lipinski definition) is 1. The third-order valence-corrected chi connectivity index (χ3v) is 4.94. The van der Waals surface area contributed by atoms with E-state index in [1.54, 1.807) is 25.4 Å². The molecule has 0 amide bonds. The highest BCUT2D eigenvalue weighted by Gasteiger charge is 2.12. The summed E-state index contributed by atoms with van der Waals surface area (Å²) in [5, 5.41) is 3.36. The topological polar surface area (TPSA) is 52.5 Å². The number of ether oxygens (including phenoxy) is 2. The summed E-state index contributed by atoms with van der Waals surface area (Å²) in [5.41, 5.74) is 3.32. The second-order valence-corrected chi connectivity index (χ2v) is 7.14. The minimum Gasteiger partial charge on any atom is -0.496 e. The Morgan fingerprint density at radius 1 is 1.03 bits per heavy atom. The molecule has 0 aliphatic heterocycles. The average molecular weight is 417 g/mol. The van der Waals surface area contributed by atoms with Crippen LogP contribution >= 0.6 is 11.6 Å². The Labute approximate surface area is 173 Å². The number of rotatable bonds is 6. The Kier molecular flexibility index (Phi) is 6.13. The Balaban J connectivity index is 2.04. The summed E-state index contributed by atoms with van der Waals surface area (Å²) >= 11 is 5.91. The third-order valence-electron chi connectivity index (χ3n) is 4.65. The van der Waals surface area contributed by atoms with E-state index in [2.05, 4.69) is 5.32 Å². The first kappa shape index (κ1) is 20.7. The van der Waals surface area contributed by atoms with Gasteiger partial charge < -0.3 is 19.4 Å². The summed E-state index contributed by atoms with van der Waals surface area (Å²) in [6, 6.07) is 9.90. The van der Waals surface area contributed by atoms with Crippen molar-refractivity contribution in [1.29, 1.82) is 0 Å². The summed E-state index contributed by atoms with van der Waals surface area (Å²) in [6.45, 7) is 4.27. The zero-order valence-corrected chi connectivity index (χ0v) is 17.4. The van der Waals surface area contributed by atoms with Crippen molar-refractivity contribution in [1.82, 2.24) is 4.57 Å². The van der Waals surface area contributed by atoms with Crippen LogP contribution in [0.25, 0.3) is 0 Å². The van der Waals surface area contributed by atoms with E-state index in [-0.39, 0.29) is 16.2 Å². The van der Waals surface area contributed by atoms with Gasteiger partial charge in [-0.1, -0.05) is 17.7 Å². The Morgan fingerprint density at radius 3 is 2.41 bits per heavy atom. The van der Waals surface area contributed by atoms with Gasteiger partial charge in [-0.25, -0.2) is 4.39 Å². The van der Waals surface area contributed by atoms with Crippen LogP contribution in [0, 0.1) is 19.7 Å². The maximum Gasteiger partial charge on any atom is 0.225 e. The number of nitrogens with zero attached hydrogens (tertiary/aromatic N) is 1. The van der Waals surface area contributed by atoms with Crippen molar-refractivity contribution in [3.63, 3.8) is 0 Å². The van der Waals surface area contributed by atoms with E-state index >= 15 is 0 Å². The summed E-state index contributed by atoms with van der Waals surface area (Å²) < 4.78 is 25.9. The van der Waals surface area contributed by atoms with Gasteiger partial charge in [-0.3, -0.25) is 4.79 Å². The number of benzene rings is 2. The van der Waals surface area contributed by atoms with Crippen LogP contribution in [-0.4, -0.2) is 18.8 Å². The molecule has 0 fully saturated rings. The molecule has 1 N–H and O–H groups in total. The molecule has 0 bridgehead atoms. The average Bonchev–Trinajstić information content (AvgIpc) is 2.69. The van der Waals surface area contributed by atoms with E-state index in [0.717, 1.165) is 28.1 Å². The molecule has 1 aromatic heterocycles. The number of halogens is 2. The van der Waals surface area contributed by atoms with Crippen LogP contribution in [0.1, 0.15) is 16.7 Å². The van der Waals surface area contributed by atoms with Crippen molar-refractivity contribution in [2.24, 2.45) is 0 Å². The van der Waals surface area contributed by atoms with Gasteiger partial charge in [-0.2, -0.15) is 0 Å². The number of pyridine rings is 1. The van der Waals surface area contributed by atoms with Crippen LogP contribution in [-0.2, 0) is 6.54 Å². The lowest BCUT2D eigenvalue weighted by Crippen LogP contribution is -2.15. The Hall–Kier alpha value is -2.99. The molecule has 3 rings (SSSR count). The molecule has 0 spiro atoms. The summed E-state index contributed by atoms with van der Waals surface area (Å²) in [7, 11) is 3.07. The van der Waals surface area contributed by atoms with Gasteiger partial charge in [-0.05, 0) is 54.8 Å². The zero-order valence-electron chi connectivity index (χ0n) is 16.7. The lowest BCUT2D eigenvalue weighted by molar-refractivity contribution is 0.406. The van der Waals surface area contributed by atoms with Crippen molar-refractivity contribution in [3.8, 4) is 11.5 Å². The van der Waals surface area contributed by atoms with E-state index in [9.17, 15) is 9.18 Å². The van der Waals surface area contributed by atoms with Crippen LogP contribution in [0.3, 0.4) is 0 Å². The Bertz CT molecular complexity index is 1110. The first-order valence-corrected chi connectivity index (χ1v) is 9.35. The maximum absolute atomic E-state index is 13.5. The highest BCUT2D eigenvalue weighted by Crippen LogP contribution is 2.29. The molecule has 0 saturated carbocycles. The van der Waals surface area contributed by atoms with Gasteiger partial charge in [-0.15, -0.1) is 0 Å². The number of aryl methyl sites for hydroxylation is 2. The fourth-order valence-corrected chi connectivity index (χ4v) is 3.26. The van der Waals surface area contributed by atoms with Gasteiger partial charge in [0.05, 0.1) is 25.4 Å². The van der Waals surface area contributed by atoms with E-state index in [1.807, 2.05) is 30.5 Å². The molecule has 0 radical (unpaired) electrons. The van der Waals surface area contributed by atoms with Crippen molar-refractivity contribution >= 4 is 23.1 Å². The van der Waals surface area contributed by atoms with E-state index in [1.165, 1.54) is 19.2 Å². The van der Waals surface area contributed by atoms with Crippen LogP contribution in [0.4, 0.5) is 15.9 Å². The number of anilines is 2. The lowest BCUT2D eigenvalue weighted by atomic mass is 10.1. The fourth-order valence-electron chi connectivity index (χ4n) is 3.06. The second kappa shape index (κ2) is 8.57. The zero-order chi connectivity index (χ0) is 21.1. The molecule has 1 heterocycles. The van der Waals surface area contributed by atoms with Crippen molar-refractivity contribution in [2.45, 2.75) is 20.4 Å². The maximum atomic E-state index is 13.5.